The first-order valence-corrected chi connectivity index (χ1v) is 4.31. The molecule has 1 aliphatic heterocycles. The number of hydrogen-bond donors (Lipinski definition) is 0. The average molecular weight is 154 g/mol. The van der Waals surface area contributed by atoms with Crippen LogP contribution in [0.3, 0.4) is 0 Å². The van der Waals surface area contributed by atoms with Crippen molar-refractivity contribution in [1.82, 2.24) is 4.90 Å². The molecule has 11 heavy (non-hydrogen) atoms. The van der Waals surface area contributed by atoms with Crippen LogP contribution in [-0.4, -0.2) is 30.4 Å². The van der Waals surface area contributed by atoms with Crippen molar-refractivity contribution in [2.75, 3.05) is 13.1 Å². The van der Waals surface area contributed by atoms with E-state index in [1.807, 2.05) is 6.34 Å². The van der Waals surface area contributed by atoms with Gasteiger partial charge in [-0.25, -0.2) is 0 Å². The van der Waals surface area contributed by atoms with Gasteiger partial charge in [0.2, 0.25) is 0 Å². The third kappa shape index (κ3) is 1.95. The van der Waals surface area contributed by atoms with Crippen molar-refractivity contribution in [2.45, 2.75) is 33.7 Å². The molecule has 2 nitrogen and oxygen atoms in total. The average Bonchev–Trinajstić information content (AvgIpc) is 2.32. The molecule has 1 aliphatic rings. The Hall–Kier alpha value is -0.530. The van der Waals surface area contributed by atoms with Crippen molar-refractivity contribution in [3.63, 3.8) is 0 Å². The van der Waals surface area contributed by atoms with Gasteiger partial charge >= 0.3 is 0 Å². The molecular formula is C9H18N2. The van der Waals surface area contributed by atoms with Gasteiger partial charge in [0.15, 0.2) is 0 Å². The van der Waals surface area contributed by atoms with E-state index in [1.165, 1.54) is 0 Å². The quantitative estimate of drug-likeness (QED) is 0.562. The first kappa shape index (κ1) is 8.57. The maximum Gasteiger partial charge on any atom is 0.0854 e. The van der Waals surface area contributed by atoms with Crippen LogP contribution in [0.5, 0.6) is 0 Å². The highest BCUT2D eigenvalue weighted by Crippen LogP contribution is 2.25. The Morgan fingerprint density at radius 3 is 2.45 bits per heavy atom. The molecule has 0 spiro atoms. The van der Waals surface area contributed by atoms with Gasteiger partial charge < -0.3 is 4.90 Å². The SMILES string of the molecule is CCN1C=NC(C(C)(C)C)C1. The molecule has 0 bridgehead atoms. The van der Waals surface area contributed by atoms with Crippen molar-refractivity contribution in [3.8, 4) is 0 Å². The minimum atomic E-state index is 0.320. The fourth-order valence-corrected chi connectivity index (χ4v) is 1.20. The van der Waals surface area contributed by atoms with Gasteiger partial charge in [0.25, 0.3) is 0 Å². The van der Waals surface area contributed by atoms with Crippen LogP contribution in [0.25, 0.3) is 0 Å². The molecule has 0 aliphatic carbocycles. The van der Waals surface area contributed by atoms with E-state index in [9.17, 15) is 0 Å². The van der Waals surface area contributed by atoms with E-state index in [0.29, 0.717) is 11.5 Å². The molecule has 64 valence electrons. The van der Waals surface area contributed by atoms with E-state index in [0.717, 1.165) is 13.1 Å². The lowest BCUT2D eigenvalue weighted by Gasteiger charge is -2.25. The summed E-state index contributed by atoms with van der Waals surface area (Å²) in [5, 5.41) is 0. The Labute approximate surface area is 69.3 Å². The van der Waals surface area contributed by atoms with E-state index in [1.54, 1.807) is 0 Å². The van der Waals surface area contributed by atoms with Crippen LogP contribution in [0.4, 0.5) is 0 Å². The van der Waals surface area contributed by atoms with Gasteiger partial charge in [-0.1, -0.05) is 20.8 Å². The second-order valence-corrected chi connectivity index (χ2v) is 4.23. The molecule has 1 rings (SSSR count). The maximum absolute atomic E-state index is 4.46. The Kier molecular flexibility index (Phi) is 2.21. The zero-order valence-corrected chi connectivity index (χ0v) is 7.96. The standard InChI is InChI=1S/C9H18N2/c1-5-11-6-8(10-7-11)9(2,3)4/h7-8H,5-6H2,1-4H3. The Morgan fingerprint density at radius 2 is 2.18 bits per heavy atom. The largest absolute Gasteiger partial charge is 0.361 e. The lowest BCUT2D eigenvalue weighted by molar-refractivity contribution is 0.294. The van der Waals surface area contributed by atoms with E-state index < -0.39 is 0 Å². The van der Waals surface area contributed by atoms with Gasteiger partial charge in [0.1, 0.15) is 0 Å². The fourth-order valence-electron chi connectivity index (χ4n) is 1.20. The third-order valence-corrected chi connectivity index (χ3v) is 2.22. The third-order valence-electron chi connectivity index (χ3n) is 2.22. The predicted octanol–water partition coefficient (Wildman–Crippen LogP) is 1.76. The summed E-state index contributed by atoms with van der Waals surface area (Å²) in [4.78, 5) is 6.72. The van der Waals surface area contributed by atoms with Gasteiger partial charge in [0, 0.05) is 13.1 Å². The smallest absolute Gasteiger partial charge is 0.0854 e. The van der Waals surface area contributed by atoms with Crippen LogP contribution in [0.15, 0.2) is 4.99 Å². The molecule has 0 aromatic heterocycles. The minimum absolute atomic E-state index is 0.320. The van der Waals surface area contributed by atoms with Crippen molar-refractivity contribution in [3.05, 3.63) is 0 Å². The molecule has 0 aromatic rings. The number of rotatable bonds is 1. The molecule has 0 saturated carbocycles. The number of likely N-dealkylation sites (N-methyl/N-ethyl adjacent to an activating group) is 1. The van der Waals surface area contributed by atoms with E-state index in [-0.39, 0.29) is 0 Å². The monoisotopic (exact) mass is 154 g/mol. The molecule has 1 atom stereocenters. The fraction of sp³-hybridized carbons (Fsp3) is 0.889. The van der Waals surface area contributed by atoms with Gasteiger partial charge in [0.05, 0.1) is 12.4 Å². The molecule has 0 amide bonds. The number of hydrogen-bond acceptors (Lipinski definition) is 2. The van der Waals surface area contributed by atoms with Crippen LogP contribution < -0.4 is 0 Å². The van der Waals surface area contributed by atoms with E-state index in [4.69, 9.17) is 0 Å². The van der Waals surface area contributed by atoms with Crippen LogP contribution in [0, 0.1) is 5.41 Å². The zero-order valence-electron chi connectivity index (χ0n) is 7.96. The molecule has 2 heteroatoms. The lowest BCUT2D eigenvalue weighted by Crippen LogP contribution is -2.31. The van der Waals surface area contributed by atoms with Crippen molar-refractivity contribution in [1.29, 1.82) is 0 Å². The molecule has 0 fully saturated rings. The van der Waals surface area contributed by atoms with Crippen molar-refractivity contribution < 1.29 is 0 Å². The van der Waals surface area contributed by atoms with Crippen molar-refractivity contribution in [2.24, 2.45) is 10.4 Å². The molecule has 0 radical (unpaired) electrons. The molecule has 0 saturated heterocycles. The van der Waals surface area contributed by atoms with E-state index >= 15 is 0 Å². The second kappa shape index (κ2) is 2.84. The summed E-state index contributed by atoms with van der Waals surface area (Å²) < 4.78 is 0. The normalized spacial score (nSPS) is 24.7. The van der Waals surface area contributed by atoms with Crippen LogP contribution in [0.1, 0.15) is 27.7 Å². The van der Waals surface area contributed by atoms with Gasteiger partial charge in [-0.2, -0.15) is 0 Å². The van der Waals surface area contributed by atoms with Crippen molar-refractivity contribution >= 4 is 6.34 Å². The van der Waals surface area contributed by atoms with Crippen LogP contribution in [0.2, 0.25) is 0 Å². The summed E-state index contributed by atoms with van der Waals surface area (Å²) in [6.45, 7) is 11.1. The topological polar surface area (TPSA) is 15.6 Å². The Bertz CT molecular complexity index is 155. The maximum atomic E-state index is 4.46. The van der Waals surface area contributed by atoms with Crippen LogP contribution >= 0.6 is 0 Å². The molecule has 0 N–H and O–H groups in total. The molecule has 0 aromatic carbocycles. The van der Waals surface area contributed by atoms with Gasteiger partial charge in [-0.05, 0) is 12.3 Å². The van der Waals surface area contributed by atoms with Gasteiger partial charge in [-0.3, -0.25) is 4.99 Å². The number of nitrogens with zero attached hydrogens (tertiary/aromatic N) is 2. The summed E-state index contributed by atoms with van der Waals surface area (Å²) in [6.07, 6.45) is 1.98. The zero-order chi connectivity index (χ0) is 8.48. The highest BCUT2D eigenvalue weighted by Gasteiger charge is 2.27. The lowest BCUT2D eigenvalue weighted by atomic mass is 9.87. The van der Waals surface area contributed by atoms with E-state index in [2.05, 4.69) is 37.6 Å². The minimum Gasteiger partial charge on any atom is -0.361 e. The highest BCUT2D eigenvalue weighted by molar-refractivity contribution is 5.57. The van der Waals surface area contributed by atoms with Gasteiger partial charge in [-0.15, -0.1) is 0 Å². The first-order chi connectivity index (χ1) is 5.04. The Balaban J connectivity index is 2.50. The molecule has 1 unspecified atom stereocenters. The summed E-state index contributed by atoms with van der Waals surface area (Å²) in [6, 6.07) is 0.488. The summed E-state index contributed by atoms with van der Waals surface area (Å²) >= 11 is 0. The Morgan fingerprint density at radius 1 is 1.55 bits per heavy atom. The van der Waals surface area contributed by atoms with Crippen LogP contribution in [-0.2, 0) is 0 Å². The predicted molar refractivity (Wildman–Crippen MR) is 49.0 cm³/mol. The summed E-state index contributed by atoms with van der Waals surface area (Å²) in [7, 11) is 0. The first-order valence-electron chi connectivity index (χ1n) is 4.31. The number of aliphatic imine (C=N–C) groups is 1. The summed E-state index contributed by atoms with van der Waals surface area (Å²) in [5.74, 6) is 0. The molecule has 1 heterocycles. The highest BCUT2D eigenvalue weighted by atomic mass is 15.2. The molecular weight excluding hydrogens is 136 g/mol. The second-order valence-electron chi connectivity index (χ2n) is 4.23. The summed E-state index contributed by atoms with van der Waals surface area (Å²) in [5.41, 5.74) is 0.320.